The number of amides is 1. The Morgan fingerprint density at radius 1 is 1.19 bits per heavy atom. The minimum absolute atomic E-state index is 0.132. The minimum atomic E-state index is 0.132. The molecule has 0 unspecified atom stereocenters. The molecule has 1 atom stereocenters. The van der Waals surface area contributed by atoms with Gasteiger partial charge in [-0.1, -0.05) is 26.7 Å². The first-order valence-electron chi connectivity index (χ1n) is 6.27. The van der Waals surface area contributed by atoms with E-state index in [0.717, 1.165) is 25.7 Å². The van der Waals surface area contributed by atoms with Crippen molar-refractivity contribution in [2.24, 2.45) is 5.92 Å². The standard InChI is InChI=1S/C13H25NO2/c1-5-7-8-12(11(3)15)9-10-14(4)13(16)6-2/h12H,5-10H2,1-4H3/t12-/m1/s1. The van der Waals surface area contributed by atoms with Crippen LogP contribution in [0.3, 0.4) is 0 Å². The van der Waals surface area contributed by atoms with Crippen LogP contribution < -0.4 is 0 Å². The van der Waals surface area contributed by atoms with Crippen molar-refractivity contribution in [3.05, 3.63) is 0 Å². The van der Waals surface area contributed by atoms with E-state index in [2.05, 4.69) is 6.92 Å². The summed E-state index contributed by atoms with van der Waals surface area (Å²) in [5, 5.41) is 0. The van der Waals surface area contributed by atoms with Crippen LogP contribution in [-0.4, -0.2) is 30.2 Å². The zero-order chi connectivity index (χ0) is 12.6. The molecule has 3 heteroatoms. The highest BCUT2D eigenvalue weighted by atomic mass is 16.2. The quantitative estimate of drug-likeness (QED) is 0.639. The zero-order valence-corrected chi connectivity index (χ0v) is 11.1. The van der Waals surface area contributed by atoms with Gasteiger partial charge in [-0.3, -0.25) is 9.59 Å². The van der Waals surface area contributed by atoms with Crippen molar-refractivity contribution in [2.45, 2.75) is 52.9 Å². The van der Waals surface area contributed by atoms with Crippen LogP contribution in [-0.2, 0) is 9.59 Å². The predicted octanol–water partition coefficient (Wildman–Crippen LogP) is 2.64. The normalized spacial score (nSPS) is 12.2. The van der Waals surface area contributed by atoms with E-state index in [0.29, 0.717) is 13.0 Å². The lowest BCUT2D eigenvalue weighted by molar-refractivity contribution is -0.130. The largest absolute Gasteiger partial charge is 0.346 e. The lowest BCUT2D eigenvalue weighted by Crippen LogP contribution is -2.29. The van der Waals surface area contributed by atoms with Gasteiger partial charge < -0.3 is 4.90 Å². The number of rotatable bonds is 8. The Morgan fingerprint density at radius 3 is 2.25 bits per heavy atom. The molecule has 0 saturated carbocycles. The summed E-state index contributed by atoms with van der Waals surface area (Å²) in [6, 6.07) is 0. The summed E-state index contributed by atoms with van der Waals surface area (Å²) in [4.78, 5) is 24.5. The molecule has 94 valence electrons. The molecule has 0 heterocycles. The molecule has 16 heavy (non-hydrogen) atoms. The fourth-order valence-corrected chi connectivity index (χ4v) is 1.75. The van der Waals surface area contributed by atoms with Crippen molar-refractivity contribution in [3.8, 4) is 0 Å². The van der Waals surface area contributed by atoms with Gasteiger partial charge in [0.1, 0.15) is 5.78 Å². The van der Waals surface area contributed by atoms with Crippen LogP contribution in [0.4, 0.5) is 0 Å². The summed E-state index contributed by atoms with van der Waals surface area (Å²) in [5.41, 5.74) is 0. The van der Waals surface area contributed by atoms with Crippen molar-refractivity contribution in [1.82, 2.24) is 4.90 Å². The molecule has 0 bridgehead atoms. The van der Waals surface area contributed by atoms with E-state index < -0.39 is 0 Å². The van der Waals surface area contributed by atoms with Gasteiger partial charge in [0.2, 0.25) is 5.91 Å². The minimum Gasteiger partial charge on any atom is -0.346 e. The fraction of sp³-hybridized carbons (Fsp3) is 0.846. The van der Waals surface area contributed by atoms with Gasteiger partial charge in [-0.05, 0) is 19.8 Å². The van der Waals surface area contributed by atoms with Gasteiger partial charge >= 0.3 is 0 Å². The van der Waals surface area contributed by atoms with Gasteiger partial charge in [0.25, 0.3) is 0 Å². The van der Waals surface area contributed by atoms with E-state index in [4.69, 9.17) is 0 Å². The number of unbranched alkanes of at least 4 members (excludes halogenated alkanes) is 1. The number of carbonyl (C=O) groups is 2. The monoisotopic (exact) mass is 227 g/mol. The van der Waals surface area contributed by atoms with Gasteiger partial charge in [0.15, 0.2) is 0 Å². The second-order valence-corrected chi connectivity index (χ2v) is 4.41. The average molecular weight is 227 g/mol. The third kappa shape index (κ3) is 5.89. The Bertz CT molecular complexity index is 226. The summed E-state index contributed by atoms with van der Waals surface area (Å²) < 4.78 is 0. The van der Waals surface area contributed by atoms with Gasteiger partial charge in [0, 0.05) is 25.9 Å². The van der Waals surface area contributed by atoms with Crippen LogP contribution in [0.5, 0.6) is 0 Å². The van der Waals surface area contributed by atoms with E-state index >= 15 is 0 Å². The zero-order valence-electron chi connectivity index (χ0n) is 11.1. The molecule has 0 aromatic carbocycles. The Morgan fingerprint density at radius 2 is 1.81 bits per heavy atom. The van der Waals surface area contributed by atoms with E-state index in [9.17, 15) is 9.59 Å². The third-order valence-corrected chi connectivity index (χ3v) is 3.02. The molecule has 0 rings (SSSR count). The summed E-state index contributed by atoms with van der Waals surface area (Å²) in [6.45, 7) is 6.34. The fourth-order valence-electron chi connectivity index (χ4n) is 1.75. The maximum absolute atomic E-state index is 11.4. The Hall–Kier alpha value is -0.860. The van der Waals surface area contributed by atoms with Crippen molar-refractivity contribution in [1.29, 1.82) is 0 Å². The van der Waals surface area contributed by atoms with E-state index in [1.807, 2.05) is 14.0 Å². The number of carbonyl (C=O) groups excluding carboxylic acids is 2. The molecule has 0 spiro atoms. The lowest BCUT2D eigenvalue weighted by Gasteiger charge is -2.20. The second-order valence-electron chi connectivity index (χ2n) is 4.41. The summed E-state index contributed by atoms with van der Waals surface area (Å²) in [6.07, 6.45) is 4.51. The van der Waals surface area contributed by atoms with Crippen molar-refractivity contribution in [2.75, 3.05) is 13.6 Å². The number of hydrogen-bond donors (Lipinski definition) is 0. The summed E-state index contributed by atoms with van der Waals surface area (Å²) in [5.74, 6) is 0.538. The highest BCUT2D eigenvalue weighted by Crippen LogP contribution is 2.14. The van der Waals surface area contributed by atoms with Crippen LogP contribution in [0.1, 0.15) is 52.9 Å². The molecule has 0 aromatic heterocycles. The van der Waals surface area contributed by atoms with Crippen LogP contribution >= 0.6 is 0 Å². The summed E-state index contributed by atoms with van der Waals surface area (Å²) in [7, 11) is 1.81. The maximum atomic E-state index is 11.4. The highest BCUT2D eigenvalue weighted by Gasteiger charge is 2.15. The summed E-state index contributed by atoms with van der Waals surface area (Å²) >= 11 is 0. The first-order chi connectivity index (χ1) is 7.52. The SMILES string of the molecule is CCCC[C@H](CCN(C)C(=O)CC)C(C)=O. The molecule has 0 saturated heterocycles. The molecule has 0 radical (unpaired) electrons. The molecule has 0 aromatic rings. The van der Waals surface area contributed by atoms with Crippen LogP contribution in [0, 0.1) is 5.92 Å². The topological polar surface area (TPSA) is 37.4 Å². The molecule has 1 amide bonds. The molecule has 0 fully saturated rings. The Kier molecular flexibility index (Phi) is 7.86. The van der Waals surface area contributed by atoms with Crippen LogP contribution in [0.25, 0.3) is 0 Å². The van der Waals surface area contributed by atoms with Crippen LogP contribution in [0.2, 0.25) is 0 Å². The first-order valence-corrected chi connectivity index (χ1v) is 6.27. The number of Topliss-reactive ketones (excluding diaryl/α,β-unsaturated/α-hetero) is 1. The van der Waals surface area contributed by atoms with Crippen molar-refractivity contribution >= 4 is 11.7 Å². The predicted molar refractivity (Wildman–Crippen MR) is 66.2 cm³/mol. The Labute approximate surface area is 99.2 Å². The van der Waals surface area contributed by atoms with Crippen molar-refractivity contribution < 1.29 is 9.59 Å². The smallest absolute Gasteiger partial charge is 0.222 e. The molecule has 0 aliphatic rings. The van der Waals surface area contributed by atoms with Crippen LogP contribution in [0.15, 0.2) is 0 Å². The molecule has 0 aliphatic heterocycles. The number of nitrogens with zero attached hydrogens (tertiary/aromatic N) is 1. The highest BCUT2D eigenvalue weighted by molar-refractivity contribution is 5.78. The molecule has 0 aliphatic carbocycles. The van der Waals surface area contributed by atoms with E-state index in [1.54, 1.807) is 11.8 Å². The number of ketones is 1. The van der Waals surface area contributed by atoms with Crippen molar-refractivity contribution in [3.63, 3.8) is 0 Å². The van der Waals surface area contributed by atoms with Gasteiger partial charge in [-0.25, -0.2) is 0 Å². The lowest BCUT2D eigenvalue weighted by atomic mass is 9.94. The van der Waals surface area contributed by atoms with E-state index in [-0.39, 0.29) is 17.6 Å². The first kappa shape index (κ1) is 15.1. The average Bonchev–Trinajstić information content (AvgIpc) is 2.27. The number of hydrogen-bond acceptors (Lipinski definition) is 2. The van der Waals surface area contributed by atoms with Gasteiger partial charge in [-0.2, -0.15) is 0 Å². The van der Waals surface area contributed by atoms with E-state index in [1.165, 1.54) is 0 Å². The third-order valence-electron chi connectivity index (χ3n) is 3.02. The molecule has 3 nitrogen and oxygen atoms in total. The molecular formula is C13H25NO2. The molecule has 0 N–H and O–H groups in total. The Balaban J connectivity index is 4.01. The molecular weight excluding hydrogens is 202 g/mol. The van der Waals surface area contributed by atoms with Gasteiger partial charge in [-0.15, -0.1) is 0 Å². The maximum Gasteiger partial charge on any atom is 0.222 e. The second kappa shape index (κ2) is 8.31. The van der Waals surface area contributed by atoms with Gasteiger partial charge in [0.05, 0.1) is 0 Å².